The number of nitrogens with zero attached hydrogens (tertiary/aromatic N) is 2. The lowest BCUT2D eigenvalue weighted by molar-refractivity contribution is -0.136. The Hall–Kier alpha value is -2.81. The summed E-state index contributed by atoms with van der Waals surface area (Å²) in [6.45, 7) is 4.75. The molecule has 0 saturated carbocycles. The molecule has 174 valence electrons. The molecular formula is C24H25ClF2N4O2. The molecule has 0 spiro atoms. The average Bonchev–Trinajstić information content (AvgIpc) is 2.75. The molecule has 2 atom stereocenters. The van der Waals surface area contributed by atoms with Gasteiger partial charge in [0, 0.05) is 57.0 Å². The SMILES string of the molecule is CC(=O)Nc1cc(Cl)c(F)cc1/C=C/C(=O)N1C2CNCC1CN(Cc1ccc(F)cc1)C2. The highest BCUT2D eigenvalue weighted by molar-refractivity contribution is 6.31. The van der Waals surface area contributed by atoms with Crippen LogP contribution in [0.2, 0.25) is 5.02 Å². The number of rotatable bonds is 5. The van der Waals surface area contributed by atoms with Crippen LogP contribution in [0.15, 0.2) is 42.5 Å². The van der Waals surface area contributed by atoms with Crippen molar-refractivity contribution in [3.63, 3.8) is 0 Å². The molecule has 2 aromatic carbocycles. The molecule has 2 heterocycles. The summed E-state index contributed by atoms with van der Waals surface area (Å²) in [7, 11) is 0. The van der Waals surface area contributed by atoms with Crippen molar-refractivity contribution in [2.75, 3.05) is 31.5 Å². The minimum absolute atomic E-state index is 0.0214. The van der Waals surface area contributed by atoms with E-state index < -0.39 is 5.82 Å². The summed E-state index contributed by atoms with van der Waals surface area (Å²) in [5.74, 6) is -1.38. The Morgan fingerprint density at radius 1 is 1.15 bits per heavy atom. The highest BCUT2D eigenvalue weighted by Gasteiger charge is 2.39. The van der Waals surface area contributed by atoms with Crippen LogP contribution >= 0.6 is 11.6 Å². The first kappa shape index (κ1) is 23.4. The van der Waals surface area contributed by atoms with E-state index >= 15 is 0 Å². The van der Waals surface area contributed by atoms with Crippen LogP contribution in [0, 0.1) is 11.6 Å². The van der Waals surface area contributed by atoms with Crippen LogP contribution in [0.3, 0.4) is 0 Å². The molecule has 0 aromatic heterocycles. The number of fused-ring (bicyclic) bond motifs is 2. The second-order valence-electron chi connectivity index (χ2n) is 8.40. The van der Waals surface area contributed by atoms with Gasteiger partial charge >= 0.3 is 0 Å². The normalized spacial score (nSPS) is 20.8. The molecule has 2 aliphatic rings. The van der Waals surface area contributed by atoms with Crippen molar-refractivity contribution in [2.45, 2.75) is 25.6 Å². The molecule has 2 saturated heterocycles. The molecule has 0 radical (unpaired) electrons. The van der Waals surface area contributed by atoms with Gasteiger partial charge in [-0.2, -0.15) is 0 Å². The summed E-state index contributed by atoms with van der Waals surface area (Å²) in [6.07, 6.45) is 2.91. The van der Waals surface area contributed by atoms with E-state index in [9.17, 15) is 18.4 Å². The van der Waals surface area contributed by atoms with Crippen molar-refractivity contribution in [1.29, 1.82) is 0 Å². The number of carbonyl (C=O) groups is 2. The number of piperazine rings is 2. The molecule has 6 nitrogen and oxygen atoms in total. The van der Waals surface area contributed by atoms with E-state index in [-0.39, 0.29) is 34.7 Å². The Morgan fingerprint density at radius 3 is 2.45 bits per heavy atom. The topological polar surface area (TPSA) is 64.7 Å². The number of nitrogens with one attached hydrogen (secondary N) is 2. The first-order valence-electron chi connectivity index (χ1n) is 10.7. The predicted molar refractivity (Wildman–Crippen MR) is 124 cm³/mol. The summed E-state index contributed by atoms with van der Waals surface area (Å²) >= 11 is 5.84. The third-order valence-electron chi connectivity index (χ3n) is 5.87. The first-order valence-corrected chi connectivity index (χ1v) is 11.1. The van der Waals surface area contributed by atoms with E-state index in [0.717, 1.165) is 5.56 Å². The summed E-state index contributed by atoms with van der Waals surface area (Å²) in [5.41, 5.74) is 1.72. The van der Waals surface area contributed by atoms with Crippen molar-refractivity contribution in [3.8, 4) is 0 Å². The summed E-state index contributed by atoms with van der Waals surface area (Å²) in [5, 5.41) is 5.88. The summed E-state index contributed by atoms with van der Waals surface area (Å²) in [4.78, 5) is 28.7. The Bertz CT molecular complexity index is 1060. The molecule has 33 heavy (non-hydrogen) atoms. The summed E-state index contributed by atoms with van der Waals surface area (Å²) in [6, 6.07) is 8.95. The van der Waals surface area contributed by atoms with E-state index in [2.05, 4.69) is 15.5 Å². The van der Waals surface area contributed by atoms with Gasteiger partial charge in [-0.25, -0.2) is 8.78 Å². The largest absolute Gasteiger partial charge is 0.328 e. The second kappa shape index (κ2) is 9.99. The highest BCUT2D eigenvalue weighted by Crippen LogP contribution is 2.27. The molecule has 2 aliphatic heterocycles. The summed E-state index contributed by atoms with van der Waals surface area (Å²) < 4.78 is 27.2. The van der Waals surface area contributed by atoms with Crippen LogP contribution in [-0.2, 0) is 16.1 Å². The number of anilines is 1. The maximum atomic E-state index is 14.0. The minimum Gasteiger partial charge on any atom is -0.328 e. The van der Waals surface area contributed by atoms with Crippen LogP contribution < -0.4 is 10.6 Å². The van der Waals surface area contributed by atoms with Crippen molar-refractivity contribution in [2.24, 2.45) is 0 Å². The van der Waals surface area contributed by atoms with Crippen molar-refractivity contribution in [1.82, 2.24) is 15.1 Å². The minimum atomic E-state index is -0.631. The molecule has 2 unspecified atom stereocenters. The second-order valence-corrected chi connectivity index (χ2v) is 8.81. The number of carbonyl (C=O) groups excluding carboxylic acids is 2. The lowest BCUT2D eigenvalue weighted by Crippen LogP contribution is -2.68. The van der Waals surface area contributed by atoms with Gasteiger partial charge in [-0.15, -0.1) is 0 Å². The zero-order chi connectivity index (χ0) is 23.5. The highest BCUT2D eigenvalue weighted by atomic mass is 35.5. The maximum absolute atomic E-state index is 14.0. The molecule has 2 N–H and O–H groups in total. The molecule has 2 fully saturated rings. The zero-order valence-corrected chi connectivity index (χ0v) is 18.9. The molecule has 4 rings (SSSR count). The third kappa shape index (κ3) is 5.58. The predicted octanol–water partition coefficient (Wildman–Crippen LogP) is 3.27. The van der Waals surface area contributed by atoms with Crippen LogP contribution in [0.4, 0.5) is 14.5 Å². The molecule has 2 aromatic rings. The van der Waals surface area contributed by atoms with E-state index in [1.165, 1.54) is 43.3 Å². The van der Waals surface area contributed by atoms with Gasteiger partial charge in [0.05, 0.1) is 17.1 Å². The van der Waals surface area contributed by atoms with Gasteiger partial charge < -0.3 is 15.5 Å². The lowest BCUT2D eigenvalue weighted by Gasteiger charge is -2.50. The Morgan fingerprint density at radius 2 is 1.82 bits per heavy atom. The Labute approximate surface area is 196 Å². The third-order valence-corrected chi connectivity index (χ3v) is 6.16. The van der Waals surface area contributed by atoms with Gasteiger partial charge in [-0.05, 0) is 35.9 Å². The standard InChI is InChI=1S/C24H25ClF2N4O2/c1-15(32)29-23-9-21(25)22(27)8-17(23)4-7-24(33)31-19-10-28-11-20(31)14-30(13-19)12-16-2-5-18(26)6-3-16/h2-9,19-20,28H,10-14H2,1H3,(H,29,32)/b7-4+. The molecular weight excluding hydrogens is 450 g/mol. The number of benzene rings is 2. The van der Waals surface area contributed by atoms with Gasteiger partial charge in [0.2, 0.25) is 11.8 Å². The van der Waals surface area contributed by atoms with Crippen LogP contribution in [-0.4, -0.2) is 59.9 Å². The molecule has 9 heteroatoms. The molecule has 2 bridgehead atoms. The van der Waals surface area contributed by atoms with Crippen LogP contribution in [0.1, 0.15) is 18.1 Å². The van der Waals surface area contributed by atoms with Crippen molar-refractivity contribution < 1.29 is 18.4 Å². The Kier molecular flexibility index (Phi) is 7.07. The van der Waals surface area contributed by atoms with Crippen molar-refractivity contribution >= 4 is 35.2 Å². The molecule has 2 amide bonds. The fourth-order valence-electron chi connectivity index (χ4n) is 4.47. The number of amides is 2. The van der Waals surface area contributed by atoms with E-state index in [1.807, 2.05) is 4.90 Å². The lowest BCUT2D eigenvalue weighted by atomic mass is 10.0. The van der Waals surface area contributed by atoms with Gasteiger partial charge in [0.25, 0.3) is 0 Å². The van der Waals surface area contributed by atoms with Gasteiger partial charge in [-0.3, -0.25) is 14.5 Å². The number of halogens is 3. The quantitative estimate of drug-likeness (QED) is 0.653. The van der Waals surface area contributed by atoms with E-state index in [1.54, 1.807) is 12.1 Å². The Balaban J connectivity index is 1.48. The maximum Gasteiger partial charge on any atom is 0.247 e. The first-order chi connectivity index (χ1) is 15.8. The smallest absolute Gasteiger partial charge is 0.247 e. The van der Waals surface area contributed by atoms with Crippen LogP contribution in [0.5, 0.6) is 0 Å². The van der Waals surface area contributed by atoms with E-state index in [0.29, 0.717) is 44.0 Å². The van der Waals surface area contributed by atoms with Gasteiger partial charge in [0.15, 0.2) is 0 Å². The molecule has 0 aliphatic carbocycles. The van der Waals surface area contributed by atoms with Gasteiger partial charge in [-0.1, -0.05) is 23.7 Å². The van der Waals surface area contributed by atoms with Crippen molar-refractivity contribution in [3.05, 3.63) is 70.3 Å². The fourth-order valence-corrected chi connectivity index (χ4v) is 4.63. The van der Waals surface area contributed by atoms with Gasteiger partial charge in [0.1, 0.15) is 11.6 Å². The van der Waals surface area contributed by atoms with Crippen LogP contribution in [0.25, 0.3) is 6.08 Å². The van der Waals surface area contributed by atoms with E-state index in [4.69, 9.17) is 11.6 Å². The number of hydrogen-bond acceptors (Lipinski definition) is 4. The fraction of sp³-hybridized carbons (Fsp3) is 0.333. The average molecular weight is 475 g/mol. The zero-order valence-electron chi connectivity index (χ0n) is 18.2. The monoisotopic (exact) mass is 474 g/mol. The number of hydrogen-bond donors (Lipinski definition) is 2.